The van der Waals surface area contributed by atoms with Crippen molar-refractivity contribution in [2.45, 2.75) is 18.8 Å². The third-order valence-electron chi connectivity index (χ3n) is 2.34. The van der Waals surface area contributed by atoms with E-state index < -0.39 is 10.8 Å². The molecule has 7 heteroatoms. The fourth-order valence-corrected chi connectivity index (χ4v) is 1.69. The van der Waals surface area contributed by atoms with E-state index in [1.807, 2.05) is 0 Å². The molecule has 1 unspecified atom stereocenters. The Morgan fingerprint density at radius 1 is 1.62 bits per heavy atom. The van der Waals surface area contributed by atoms with E-state index in [-0.39, 0.29) is 11.7 Å². The average Bonchev–Trinajstić information content (AvgIpc) is 2.96. The highest BCUT2D eigenvalue weighted by atomic mass is 32.2. The molecule has 1 aliphatic carbocycles. The van der Waals surface area contributed by atoms with Gasteiger partial charge in [-0.25, -0.2) is 4.98 Å². The Morgan fingerprint density at radius 3 is 3.00 bits per heavy atom. The Morgan fingerprint density at radius 2 is 2.38 bits per heavy atom. The molecular formula is C9H14N4O2S. The van der Waals surface area contributed by atoms with E-state index in [1.54, 1.807) is 6.26 Å². The van der Waals surface area contributed by atoms with Crippen molar-refractivity contribution in [1.29, 1.82) is 0 Å². The van der Waals surface area contributed by atoms with Crippen molar-refractivity contribution in [1.82, 2.24) is 20.5 Å². The zero-order valence-corrected chi connectivity index (χ0v) is 9.84. The number of nitrogens with zero attached hydrogens (tertiary/aromatic N) is 2. The first-order chi connectivity index (χ1) is 7.66. The Kier molecular flexibility index (Phi) is 3.33. The summed E-state index contributed by atoms with van der Waals surface area (Å²) in [7, 11) is -0.894. The van der Waals surface area contributed by atoms with E-state index in [1.165, 1.54) is 0 Å². The first-order valence-electron chi connectivity index (χ1n) is 5.17. The number of hydrogen-bond acceptors (Lipinski definition) is 4. The van der Waals surface area contributed by atoms with Crippen molar-refractivity contribution in [3.8, 4) is 0 Å². The normalized spacial score (nSPS) is 17.1. The molecule has 0 aliphatic heterocycles. The highest BCUT2D eigenvalue weighted by Crippen LogP contribution is 2.37. The van der Waals surface area contributed by atoms with Crippen LogP contribution in [0.25, 0.3) is 0 Å². The average molecular weight is 242 g/mol. The molecule has 1 amide bonds. The molecule has 1 aliphatic rings. The van der Waals surface area contributed by atoms with E-state index >= 15 is 0 Å². The van der Waals surface area contributed by atoms with Gasteiger partial charge in [-0.2, -0.15) is 0 Å². The monoisotopic (exact) mass is 242 g/mol. The molecule has 16 heavy (non-hydrogen) atoms. The van der Waals surface area contributed by atoms with Gasteiger partial charge in [0, 0.05) is 35.3 Å². The predicted octanol–water partition coefficient (Wildman–Crippen LogP) is -0.210. The van der Waals surface area contributed by atoms with Gasteiger partial charge in [0.2, 0.25) is 5.82 Å². The SMILES string of the molecule is CS(=O)CCNC(=O)c1n[nH]c(C2CC2)n1. The second-order valence-electron chi connectivity index (χ2n) is 3.85. The first kappa shape index (κ1) is 11.3. The van der Waals surface area contributed by atoms with Crippen LogP contribution in [-0.2, 0) is 10.8 Å². The quantitative estimate of drug-likeness (QED) is 0.748. The fraction of sp³-hybridized carbons (Fsp3) is 0.667. The third kappa shape index (κ3) is 2.88. The van der Waals surface area contributed by atoms with Crippen LogP contribution in [0, 0.1) is 0 Å². The summed E-state index contributed by atoms with van der Waals surface area (Å²) >= 11 is 0. The summed E-state index contributed by atoms with van der Waals surface area (Å²) in [5.41, 5.74) is 0. The van der Waals surface area contributed by atoms with Gasteiger partial charge >= 0.3 is 0 Å². The molecule has 0 radical (unpaired) electrons. The summed E-state index contributed by atoms with van der Waals surface area (Å²) in [6, 6.07) is 0. The van der Waals surface area contributed by atoms with Crippen LogP contribution in [0.15, 0.2) is 0 Å². The molecule has 0 aromatic carbocycles. The minimum Gasteiger partial charge on any atom is -0.348 e. The molecule has 0 spiro atoms. The van der Waals surface area contributed by atoms with E-state index in [9.17, 15) is 9.00 Å². The number of aromatic amines is 1. The standard InChI is InChI=1S/C9H14N4O2S/c1-16(15)5-4-10-9(14)8-11-7(12-13-8)6-2-3-6/h6H,2-5H2,1H3,(H,10,14)(H,11,12,13). The van der Waals surface area contributed by atoms with Gasteiger partial charge in [0.15, 0.2) is 0 Å². The molecule has 1 aromatic rings. The summed E-state index contributed by atoms with van der Waals surface area (Å²) < 4.78 is 10.8. The summed E-state index contributed by atoms with van der Waals surface area (Å²) in [5, 5.41) is 9.24. The van der Waals surface area contributed by atoms with Crippen molar-refractivity contribution in [2.24, 2.45) is 0 Å². The van der Waals surface area contributed by atoms with E-state index in [2.05, 4.69) is 20.5 Å². The summed E-state index contributed by atoms with van der Waals surface area (Å²) in [6.45, 7) is 0.384. The van der Waals surface area contributed by atoms with Crippen molar-refractivity contribution in [3.05, 3.63) is 11.6 Å². The molecule has 1 saturated carbocycles. The summed E-state index contributed by atoms with van der Waals surface area (Å²) in [4.78, 5) is 15.6. The second-order valence-corrected chi connectivity index (χ2v) is 5.41. The van der Waals surface area contributed by atoms with E-state index in [4.69, 9.17) is 0 Å². The molecule has 0 saturated heterocycles. The lowest BCUT2D eigenvalue weighted by molar-refractivity contribution is 0.0946. The number of rotatable bonds is 5. The zero-order chi connectivity index (χ0) is 11.5. The maximum absolute atomic E-state index is 11.5. The van der Waals surface area contributed by atoms with Crippen LogP contribution in [0.4, 0.5) is 0 Å². The number of amides is 1. The van der Waals surface area contributed by atoms with Crippen LogP contribution in [0.1, 0.15) is 35.2 Å². The molecule has 6 nitrogen and oxygen atoms in total. The Balaban J connectivity index is 1.85. The largest absolute Gasteiger partial charge is 0.348 e. The maximum Gasteiger partial charge on any atom is 0.290 e. The Labute approximate surface area is 95.7 Å². The smallest absolute Gasteiger partial charge is 0.290 e. The number of aromatic nitrogens is 3. The molecule has 88 valence electrons. The van der Waals surface area contributed by atoms with Crippen LogP contribution in [0.5, 0.6) is 0 Å². The van der Waals surface area contributed by atoms with Crippen LogP contribution < -0.4 is 5.32 Å². The van der Waals surface area contributed by atoms with Crippen molar-refractivity contribution in [2.75, 3.05) is 18.6 Å². The van der Waals surface area contributed by atoms with Crippen LogP contribution in [0.3, 0.4) is 0 Å². The topological polar surface area (TPSA) is 87.7 Å². The van der Waals surface area contributed by atoms with Gasteiger partial charge in [-0.05, 0) is 12.8 Å². The lowest BCUT2D eigenvalue weighted by Gasteiger charge is -1.99. The van der Waals surface area contributed by atoms with Crippen LogP contribution >= 0.6 is 0 Å². The third-order valence-corrected chi connectivity index (χ3v) is 3.12. The molecule has 1 fully saturated rings. The van der Waals surface area contributed by atoms with Crippen LogP contribution in [-0.4, -0.2) is 43.9 Å². The van der Waals surface area contributed by atoms with Gasteiger partial charge in [-0.15, -0.1) is 5.10 Å². The van der Waals surface area contributed by atoms with Crippen molar-refractivity contribution < 1.29 is 9.00 Å². The summed E-state index contributed by atoms with van der Waals surface area (Å²) in [6.07, 6.45) is 3.83. The minimum atomic E-state index is -0.894. The maximum atomic E-state index is 11.5. The molecule has 1 atom stereocenters. The molecule has 2 N–H and O–H groups in total. The zero-order valence-electron chi connectivity index (χ0n) is 9.02. The number of H-pyrrole nitrogens is 1. The van der Waals surface area contributed by atoms with Gasteiger partial charge in [0.05, 0.1) is 0 Å². The molecule has 1 aromatic heterocycles. The number of nitrogens with one attached hydrogen (secondary N) is 2. The van der Waals surface area contributed by atoms with Crippen molar-refractivity contribution >= 4 is 16.7 Å². The summed E-state index contributed by atoms with van der Waals surface area (Å²) in [5.74, 6) is 1.56. The van der Waals surface area contributed by atoms with Gasteiger partial charge in [-0.3, -0.25) is 14.1 Å². The highest BCUT2D eigenvalue weighted by molar-refractivity contribution is 7.84. The second kappa shape index (κ2) is 4.73. The number of carbonyl (C=O) groups is 1. The highest BCUT2D eigenvalue weighted by Gasteiger charge is 2.28. The van der Waals surface area contributed by atoms with Gasteiger partial charge in [0.25, 0.3) is 5.91 Å². The van der Waals surface area contributed by atoms with E-state index in [0.29, 0.717) is 18.2 Å². The molecule has 1 heterocycles. The van der Waals surface area contributed by atoms with Crippen molar-refractivity contribution in [3.63, 3.8) is 0 Å². The molecule has 2 rings (SSSR count). The number of carbonyl (C=O) groups excluding carboxylic acids is 1. The minimum absolute atomic E-state index is 0.170. The van der Waals surface area contributed by atoms with Gasteiger partial charge in [-0.1, -0.05) is 0 Å². The number of hydrogen-bond donors (Lipinski definition) is 2. The lowest BCUT2D eigenvalue weighted by atomic mass is 10.4. The fourth-order valence-electron chi connectivity index (χ4n) is 1.30. The molecule has 0 bridgehead atoms. The van der Waals surface area contributed by atoms with Gasteiger partial charge < -0.3 is 5.32 Å². The van der Waals surface area contributed by atoms with Gasteiger partial charge in [0.1, 0.15) is 5.82 Å². The van der Waals surface area contributed by atoms with Crippen LogP contribution in [0.2, 0.25) is 0 Å². The Hall–Kier alpha value is -1.24. The first-order valence-corrected chi connectivity index (χ1v) is 6.90. The Bertz CT molecular complexity index is 413. The lowest BCUT2D eigenvalue weighted by Crippen LogP contribution is -2.28. The van der Waals surface area contributed by atoms with E-state index in [0.717, 1.165) is 18.7 Å². The predicted molar refractivity (Wildman–Crippen MR) is 59.6 cm³/mol. The molecular weight excluding hydrogens is 228 g/mol.